The normalized spacial score (nSPS) is 12.2. The first-order valence-electron chi connectivity index (χ1n) is 10.8. The molecule has 0 radical (unpaired) electrons. The Labute approximate surface area is 201 Å². The Morgan fingerprint density at radius 3 is 1.83 bits per heavy atom. The van der Waals surface area contributed by atoms with Gasteiger partial charge < -0.3 is 20.1 Å². The third-order valence-corrected chi connectivity index (χ3v) is 5.52. The summed E-state index contributed by atoms with van der Waals surface area (Å²) in [7, 11) is 2.87. The maximum Gasteiger partial charge on any atom is 0.261 e. The lowest BCUT2D eigenvalue weighted by molar-refractivity contribution is -0.116. The highest BCUT2D eigenvalue weighted by Gasteiger charge is 2.35. The van der Waals surface area contributed by atoms with E-state index in [0.717, 1.165) is 4.90 Å². The predicted molar refractivity (Wildman–Crippen MR) is 129 cm³/mol. The molecule has 2 N–H and O–H groups in total. The van der Waals surface area contributed by atoms with E-state index in [4.69, 9.17) is 9.47 Å². The Kier molecular flexibility index (Phi) is 6.77. The molecule has 0 bridgehead atoms. The number of anilines is 2. The molecule has 4 amide bonds. The van der Waals surface area contributed by atoms with Gasteiger partial charge in [0, 0.05) is 30.7 Å². The average molecular weight is 473 g/mol. The van der Waals surface area contributed by atoms with Crippen LogP contribution in [0.2, 0.25) is 0 Å². The second-order valence-electron chi connectivity index (χ2n) is 7.68. The van der Waals surface area contributed by atoms with Gasteiger partial charge in [-0.3, -0.25) is 24.1 Å². The summed E-state index contributed by atoms with van der Waals surface area (Å²) >= 11 is 0. The van der Waals surface area contributed by atoms with Crippen molar-refractivity contribution in [3.05, 3.63) is 83.4 Å². The fourth-order valence-electron chi connectivity index (χ4n) is 3.75. The minimum Gasteiger partial charge on any atom is -0.494 e. The van der Waals surface area contributed by atoms with Gasteiger partial charge in [-0.05, 0) is 24.3 Å². The topological polar surface area (TPSA) is 114 Å². The molecule has 0 saturated heterocycles. The second kappa shape index (κ2) is 10.1. The molecule has 3 aromatic rings. The van der Waals surface area contributed by atoms with Crippen molar-refractivity contribution in [3.63, 3.8) is 0 Å². The fourth-order valence-corrected chi connectivity index (χ4v) is 3.75. The van der Waals surface area contributed by atoms with Gasteiger partial charge in [-0.15, -0.1) is 0 Å². The van der Waals surface area contributed by atoms with Crippen LogP contribution in [0.25, 0.3) is 0 Å². The van der Waals surface area contributed by atoms with Gasteiger partial charge in [0.25, 0.3) is 17.7 Å². The minimum absolute atomic E-state index is 0.0666. The van der Waals surface area contributed by atoms with Gasteiger partial charge in [-0.25, -0.2) is 0 Å². The van der Waals surface area contributed by atoms with Gasteiger partial charge >= 0.3 is 0 Å². The van der Waals surface area contributed by atoms with Crippen molar-refractivity contribution < 1.29 is 28.7 Å². The average Bonchev–Trinajstić information content (AvgIpc) is 3.13. The van der Waals surface area contributed by atoms with Crippen LogP contribution in [0.5, 0.6) is 11.5 Å². The van der Waals surface area contributed by atoms with Gasteiger partial charge in [0.15, 0.2) is 0 Å². The zero-order chi connectivity index (χ0) is 24.9. The standard InChI is InChI=1S/C26H23N3O6/c1-34-21-15-20(28-24(31)16-8-4-3-5-9-16)22(35-2)14-19(21)27-23(30)12-13-29-25(32)17-10-6-7-11-18(17)26(29)33/h3-11,14-15H,12-13H2,1-2H3,(H,27,30)(H,28,31). The first-order chi connectivity index (χ1) is 16.9. The maximum atomic E-state index is 12.6. The molecule has 9 nitrogen and oxygen atoms in total. The summed E-state index contributed by atoms with van der Waals surface area (Å²) in [4.78, 5) is 51.2. The molecule has 35 heavy (non-hydrogen) atoms. The Morgan fingerprint density at radius 2 is 1.29 bits per heavy atom. The van der Waals surface area contributed by atoms with E-state index < -0.39 is 17.7 Å². The van der Waals surface area contributed by atoms with E-state index in [1.165, 1.54) is 20.3 Å². The van der Waals surface area contributed by atoms with E-state index in [-0.39, 0.29) is 18.9 Å². The molecule has 0 aliphatic carbocycles. The van der Waals surface area contributed by atoms with Gasteiger partial charge in [-0.1, -0.05) is 30.3 Å². The van der Waals surface area contributed by atoms with Crippen LogP contribution in [0, 0.1) is 0 Å². The number of methoxy groups -OCH3 is 2. The number of imide groups is 1. The highest BCUT2D eigenvalue weighted by Crippen LogP contribution is 2.37. The summed E-state index contributed by atoms with van der Waals surface area (Å²) in [6.45, 7) is -0.0666. The highest BCUT2D eigenvalue weighted by atomic mass is 16.5. The van der Waals surface area contributed by atoms with E-state index in [0.29, 0.717) is 39.6 Å². The van der Waals surface area contributed by atoms with Crippen LogP contribution in [0.4, 0.5) is 11.4 Å². The van der Waals surface area contributed by atoms with Gasteiger partial charge in [-0.2, -0.15) is 0 Å². The van der Waals surface area contributed by atoms with E-state index in [1.54, 1.807) is 54.6 Å². The Balaban J connectivity index is 1.45. The van der Waals surface area contributed by atoms with Crippen molar-refractivity contribution in [2.75, 3.05) is 31.4 Å². The highest BCUT2D eigenvalue weighted by molar-refractivity contribution is 6.21. The maximum absolute atomic E-state index is 12.6. The quantitative estimate of drug-likeness (QED) is 0.484. The molecule has 0 atom stereocenters. The lowest BCUT2D eigenvalue weighted by atomic mass is 10.1. The number of benzene rings is 3. The van der Waals surface area contributed by atoms with Gasteiger partial charge in [0.1, 0.15) is 11.5 Å². The molecule has 3 aromatic carbocycles. The van der Waals surface area contributed by atoms with Crippen LogP contribution in [-0.2, 0) is 4.79 Å². The smallest absolute Gasteiger partial charge is 0.261 e. The summed E-state index contributed by atoms with van der Waals surface area (Å²) in [5.74, 6) is -0.993. The van der Waals surface area contributed by atoms with Crippen LogP contribution in [-0.4, -0.2) is 49.3 Å². The number of ether oxygens (including phenoxy) is 2. The molecule has 0 spiro atoms. The monoisotopic (exact) mass is 473 g/mol. The third-order valence-electron chi connectivity index (χ3n) is 5.52. The zero-order valence-corrected chi connectivity index (χ0v) is 19.2. The summed E-state index contributed by atoms with van der Waals surface area (Å²) in [6.07, 6.45) is -0.108. The van der Waals surface area contributed by atoms with Crippen molar-refractivity contribution in [2.24, 2.45) is 0 Å². The molecule has 0 aromatic heterocycles. The first kappa shape index (κ1) is 23.5. The lowest BCUT2D eigenvalue weighted by Crippen LogP contribution is -2.32. The molecule has 0 unspecified atom stereocenters. The largest absolute Gasteiger partial charge is 0.494 e. The minimum atomic E-state index is -0.428. The number of hydrogen-bond acceptors (Lipinski definition) is 6. The number of fused-ring (bicyclic) bond motifs is 1. The molecule has 1 aliphatic rings. The molecule has 0 fully saturated rings. The van der Waals surface area contributed by atoms with E-state index in [9.17, 15) is 19.2 Å². The van der Waals surface area contributed by atoms with E-state index in [2.05, 4.69) is 10.6 Å². The Bertz CT molecular complexity index is 1270. The van der Waals surface area contributed by atoms with E-state index in [1.807, 2.05) is 6.07 Å². The summed E-state index contributed by atoms with van der Waals surface area (Å²) in [5.41, 5.74) is 1.81. The number of amides is 4. The fraction of sp³-hybridized carbons (Fsp3) is 0.154. The summed E-state index contributed by atoms with van der Waals surface area (Å²) < 4.78 is 10.8. The van der Waals surface area contributed by atoms with Crippen LogP contribution in [0.3, 0.4) is 0 Å². The summed E-state index contributed by atoms with van der Waals surface area (Å²) in [6, 6.07) is 18.3. The molecule has 1 aliphatic heterocycles. The molecule has 178 valence electrons. The number of rotatable bonds is 8. The second-order valence-corrected chi connectivity index (χ2v) is 7.68. The van der Waals surface area contributed by atoms with Gasteiger partial charge in [0.2, 0.25) is 5.91 Å². The lowest BCUT2D eigenvalue weighted by Gasteiger charge is -2.17. The number of hydrogen-bond donors (Lipinski definition) is 2. The first-order valence-corrected chi connectivity index (χ1v) is 10.8. The molecule has 0 saturated carbocycles. The SMILES string of the molecule is COc1cc(NC(=O)c2ccccc2)c(OC)cc1NC(=O)CCN1C(=O)c2ccccc2C1=O. The summed E-state index contributed by atoms with van der Waals surface area (Å²) in [5, 5.41) is 5.49. The van der Waals surface area contributed by atoms with Crippen molar-refractivity contribution in [1.82, 2.24) is 4.90 Å². The number of nitrogens with one attached hydrogen (secondary N) is 2. The molecule has 9 heteroatoms. The van der Waals surface area contributed by atoms with Crippen LogP contribution in [0.15, 0.2) is 66.7 Å². The molecule has 1 heterocycles. The predicted octanol–water partition coefficient (Wildman–Crippen LogP) is 3.58. The molecular formula is C26H23N3O6. The van der Waals surface area contributed by atoms with Crippen LogP contribution in [0.1, 0.15) is 37.5 Å². The molecular weight excluding hydrogens is 450 g/mol. The van der Waals surface area contributed by atoms with Crippen molar-refractivity contribution in [3.8, 4) is 11.5 Å². The number of carbonyl (C=O) groups excluding carboxylic acids is 4. The van der Waals surface area contributed by atoms with Crippen molar-refractivity contribution in [2.45, 2.75) is 6.42 Å². The zero-order valence-electron chi connectivity index (χ0n) is 19.2. The van der Waals surface area contributed by atoms with Gasteiger partial charge in [0.05, 0.1) is 36.7 Å². The molecule has 4 rings (SSSR count). The van der Waals surface area contributed by atoms with Crippen LogP contribution >= 0.6 is 0 Å². The Morgan fingerprint density at radius 1 is 0.771 bits per heavy atom. The van der Waals surface area contributed by atoms with Crippen molar-refractivity contribution >= 4 is 35.0 Å². The number of nitrogens with zero attached hydrogens (tertiary/aromatic N) is 1. The van der Waals surface area contributed by atoms with Crippen LogP contribution < -0.4 is 20.1 Å². The van der Waals surface area contributed by atoms with Crippen molar-refractivity contribution in [1.29, 1.82) is 0 Å². The third kappa shape index (κ3) is 4.84. The number of carbonyl (C=O) groups is 4. The Hall–Kier alpha value is -4.66. The van der Waals surface area contributed by atoms with E-state index >= 15 is 0 Å².